The second-order valence-electron chi connectivity index (χ2n) is 3.08. The highest BCUT2D eigenvalue weighted by Crippen LogP contribution is 2.15. The minimum absolute atomic E-state index is 0.302. The quantitative estimate of drug-likeness (QED) is 0.436. The fourth-order valence-electron chi connectivity index (χ4n) is 1.17. The van der Waals surface area contributed by atoms with Crippen molar-refractivity contribution in [2.75, 3.05) is 13.2 Å². The lowest BCUT2D eigenvalue weighted by molar-refractivity contribution is -0.138. The smallest absolute Gasteiger partial charge is 0.337 e. The van der Waals surface area contributed by atoms with E-state index >= 15 is 0 Å². The van der Waals surface area contributed by atoms with Gasteiger partial charge in [0, 0.05) is 11.3 Å². The van der Waals surface area contributed by atoms with E-state index < -0.39 is 0 Å². The van der Waals surface area contributed by atoms with Crippen LogP contribution in [0.3, 0.4) is 0 Å². The Bertz CT molecular complexity index is 341. The van der Waals surface area contributed by atoms with Crippen LogP contribution in [0.1, 0.15) is 18.7 Å². The molecule has 0 amide bonds. The first kappa shape index (κ1) is 12.8. The first-order valence-corrected chi connectivity index (χ1v) is 6.16. The summed E-state index contributed by atoms with van der Waals surface area (Å²) in [5.74, 6) is -0.302. The van der Waals surface area contributed by atoms with Crippen LogP contribution in [0.25, 0.3) is 0 Å². The maximum atomic E-state index is 11.6. The molecular formula is C12H16O3S. The molecule has 1 aromatic rings. The first-order valence-electron chi connectivity index (χ1n) is 5.28. The van der Waals surface area contributed by atoms with Crippen LogP contribution in [0, 0.1) is 0 Å². The molecule has 1 aromatic heterocycles. The Hall–Kier alpha value is -1.29. The molecule has 0 radical (unpaired) electrons. The van der Waals surface area contributed by atoms with Crippen molar-refractivity contribution >= 4 is 17.3 Å². The van der Waals surface area contributed by atoms with Gasteiger partial charge in [0.1, 0.15) is 0 Å². The average molecular weight is 240 g/mol. The number of ether oxygens (including phenoxy) is 2. The minimum Gasteiger partial charge on any atom is -0.501 e. The van der Waals surface area contributed by atoms with Crippen LogP contribution in [0.4, 0.5) is 0 Å². The molecule has 0 N–H and O–H groups in total. The van der Waals surface area contributed by atoms with Gasteiger partial charge < -0.3 is 9.47 Å². The van der Waals surface area contributed by atoms with E-state index in [1.54, 1.807) is 18.3 Å². The van der Waals surface area contributed by atoms with Crippen molar-refractivity contribution in [3.8, 4) is 0 Å². The van der Waals surface area contributed by atoms with E-state index in [9.17, 15) is 4.79 Å². The van der Waals surface area contributed by atoms with Gasteiger partial charge in [0.15, 0.2) is 0 Å². The van der Waals surface area contributed by atoms with Crippen LogP contribution >= 0.6 is 11.3 Å². The molecule has 0 aliphatic rings. The molecule has 3 nitrogen and oxygen atoms in total. The van der Waals surface area contributed by atoms with Gasteiger partial charge in [-0.3, -0.25) is 0 Å². The number of hydrogen-bond donors (Lipinski definition) is 0. The van der Waals surface area contributed by atoms with E-state index in [1.165, 1.54) is 6.26 Å². The monoisotopic (exact) mass is 240 g/mol. The van der Waals surface area contributed by atoms with Crippen molar-refractivity contribution in [1.29, 1.82) is 0 Å². The molecule has 0 aliphatic heterocycles. The number of carbonyl (C=O) groups excluding carboxylic acids is 1. The van der Waals surface area contributed by atoms with Gasteiger partial charge in [0.05, 0.1) is 25.0 Å². The topological polar surface area (TPSA) is 35.5 Å². The molecule has 0 spiro atoms. The summed E-state index contributed by atoms with van der Waals surface area (Å²) >= 11 is 1.62. The molecule has 0 atom stereocenters. The van der Waals surface area contributed by atoms with Gasteiger partial charge in [-0.05, 0) is 25.3 Å². The summed E-state index contributed by atoms with van der Waals surface area (Å²) in [6.45, 7) is 4.60. The first-order chi connectivity index (χ1) is 7.77. The fraction of sp³-hybridized carbons (Fsp3) is 0.417. The van der Waals surface area contributed by atoms with Crippen LogP contribution in [-0.2, 0) is 20.7 Å². The largest absolute Gasteiger partial charge is 0.501 e. The van der Waals surface area contributed by atoms with E-state index in [0.29, 0.717) is 25.2 Å². The lowest BCUT2D eigenvalue weighted by atomic mass is 10.2. The van der Waals surface area contributed by atoms with Gasteiger partial charge in [-0.1, -0.05) is 6.07 Å². The van der Waals surface area contributed by atoms with Crippen molar-refractivity contribution in [3.63, 3.8) is 0 Å². The molecule has 0 unspecified atom stereocenters. The molecule has 1 heterocycles. The maximum absolute atomic E-state index is 11.6. The summed E-state index contributed by atoms with van der Waals surface area (Å²) in [4.78, 5) is 12.7. The van der Waals surface area contributed by atoms with Crippen LogP contribution in [0.15, 0.2) is 29.3 Å². The molecule has 0 aliphatic carbocycles. The van der Waals surface area contributed by atoms with Crippen molar-refractivity contribution in [1.82, 2.24) is 0 Å². The SMILES string of the molecule is CCOC=C(Cc1cccs1)C(=O)OCC. The third-order valence-corrected chi connectivity index (χ3v) is 2.75. The van der Waals surface area contributed by atoms with Crippen molar-refractivity contribution in [2.24, 2.45) is 0 Å². The Balaban J connectivity index is 2.67. The predicted molar refractivity (Wildman–Crippen MR) is 64.4 cm³/mol. The van der Waals surface area contributed by atoms with Crippen molar-refractivity contribution < 1.29 is 14.3 Å². The fourth-order valence-corrected chi connectivity index (χ4v) is 1.90. The van der Waals surface area contributed by atoms with E-state index in [0.717, 1.165) is 4.88 Å². The van der Waals surface area contributed by atoms with E-state index in [2.05, 4.69) is 0 Å². The van der Waals surface area contributed by atoms with Crippen LogP contribution in [-0.4, -0.2) is 19.2 Å². The molecule has 0 bridgehead atoms. The Labute approximate surface area is 99.7 Å². The number of rotatable bonds is 6. The Morgan fingerprint density at radius 1 is 1.44 bits per heavy atom. The van der Waals surface area contributed by atoms with Crippen LogP contribution < -0.4 is 0 Å². The zero-order valence-electron chi connectivity index (χ0n) is 9.56. The minimum atomic E-state index is -0.302. The standard InChI is InChI=1S/C12H16O3S/c1-3-14-9-10(12(13)15-4-2)8-11-6-5-7-16-11/h5-7,9H,3-4,8H2,1-2H3. The number of esters is 1. The summed E-state index contributed by atoms with van der Waals surface area (Å²) in [6.07, 6.45) is 2.06. The van der Waals surface area contributed by atoms with Crippen molar-refractivity contribution in [3.05, 3.63) is 34.2 Å². The molecule has 0 saturated carbocycles. The zero-order valence-corrected chi connectivity index (χ0v) is 10.4. The molecular weight excluding hydrogens is 224 g/mol. The van der Waals surface area contributed by atoms with Crippen LogP contribution in [0.5, 0.6) is 0 Å². The molecule has 1 rings (SSSR count). The normalized spacial score (nSPS) is 11.2. The summed E-state index contributed by atoms with van der Waals surface area (Å²) < 4.78 is 10.1. The molecule has 16 heavy (non-hydrogen) atoms. The number of hydrogen-bond acceptors (Lipinski definition) is 4. The second kappa shape index (κ2) is 7.06. The second-order valence-corrected chi connectivity index (χ2v) is 4.11. The third-order valence-electron chi connectivity index (χ3n) is 1.87. The predicted octanol–water partition coefficient (Wildman–Crippen LogP) is 2.77. The lowest BCUT2D eigenvalue weighted by Crippen LogP contribution is -2.10. The van der Waals surface area contributed by atoms with Gasteiger partial charge in [-0.2, -0.15) is 0 Å². The maximum Gasteiger partial charge on any atom is 0.337 e. The van der Waals surface area contributed by atoms with E-state index in [4.69, 9.17) is 9.47 Å². The van der Waals surface area contributed by atoms with Gasteiger partial charge in [0.25, 0.3) is 0 Å². The Kier molecular flexibility index (Phi) is 5.64. The summed E-state index contributed by atoms with van der Waals surface area (Å²) in [7, 11) is 0. The number of thiophene rings is 1. The Morgan fingerprint density at radius 2 is 2.25 bits per heavy atom. The molecule has 0 aromatic carbocycles. The molecule has 88 valence electrons. The molecule has 0 fully saturated rings. The van der Waals surface area contributed by atoms with Gasteiger partial charge in [-0.15, -0.1) is 11.3 Å². The van der Waals surface area contributed by atoms with E-state index in [1.807, 2.05) is 24.4 Å². The highest BCUT2D eigenvalue weighted by Gasteiger charge is 2.12. The summed E-state index contributed by atoms with van der Waals surface area (Å²) in [6, 6.07) is 3.95. The van der Waals surface area contributed by atoms with Gasteiger partial charge in [0.2, 0.25) is 0 Å². The molecule has 0 saturated heterocycles. The van der Waals surface area contributed by atoms with Crippen molar-refractivity contribution in [2.45, 2.75) is 20.3 Å². The van der Waals surface area contributed by atoms with E-state index in [-0.39, 0.29) is 5.97 Å². The zero-order chi connectivity index (χ0) is 11.8. The number of carbonyl (C=O) groups is 1. The average Bonchev–Trinajstić information content (AvgIpc) is 2.77. The highest BCUT2D eigenvalue weighted by atomic mass is 32.1. The van der Waals surface area contributed by atoms with Gasteiger partial charge in [-0.25, -0.2) is 4.79 Å². The molecule has 4 heteroatoms. The highest BCUT2D eigenvalue weighted by molar-refractivity contribution is 7.09. The van der Waals surface area contributed by atoms with Crippen LogP contribution in [0.2, 0.25) is 0 Å². The Morgan fingerprint density at radius 3 is 2.81 bits per heavy atom. The lowest BCUT2D eigenvalue weighted by Gasteiger charge is -2.05. The van der Waals surface area contributed by atoms with Gasteiger partial charge >= 0.3 is 5.97 Å². The third kappa shape index (κ3) is 4.06. The summed E-state index contributed by atoms with van der Waals surface area (Å²) in [5.41, 5.74) is 0.561. The summed E-state index contributed by atoms with van der Waals surface area (Å²) in [5, 5.41) is 1.98.